The highest BCUT2D eigenvalue weighted by molar-refractivity contribution is 5.70. The first-order valence-corrected chi connectivity index (χ1v) is 7.47. The first kappa shape index (κ1) is 13.6. The molecule has 1 saturated carbocycles. The molecule has 1 aliphatic heterocycles. The molecular weight excluding hydrogens is 252 g/mol. The molecule has 4 nitrogen and oxygen atoms in total. The van der Waals surface area contributed by atoms with Crippen molar-refractivity contribution in [1.29, 1.82) is 0 Å². The van der Waals surface area contributed by atoms with Gasteiger partial charge in [0, 0.05) is 38.8 Å². The second kappa shape index (κ2) is 5.94. The lowest BCUT2D eigenvalue weighted by Gasteiger charge is -2.34. The molecule has 0 amide bonds. The summed E-state index contributed by atoms with van der Waals surface area (Å²) in [5.74, 6) is -0.769. The Kier molecular flexibility index (Phi) is 4.03. The van der Waals surface area contributed by atoms with Gasteiger partial charge in [0.2, 0.25) is 0 Å². The van der Waals surface area contributed by atoms with E-state index in [0.717, 1.165) is 31.2 Å². The minimum atomic E-state index is -0.769. The van der Waals surface area contributed by atoms with Crippen LogP contribution in [0.1, 0.15) is 24.0 Å². The summed E-state index contributed by atoms with van der Waals surface area (Å²) in [7, 11) is 0. The fourth-order valence-corrected chi connectivity index (χ4v) is 2.92. The van der Waals surface area contributed by atoms with Crippen molar-refractivity contribution >= 4 is 5.97 Å². The smallest absolute Gasteiger partial charge is 0.307 e. The van der Waals surface area contributed by atoms with Gasteiger partial charge in [-0.3, -0.25) is 14.6 Å². The maximum Gasteiger partial charge on any atom is 0.307 e. The van der Waals surface area contributed by atoms with E-state index in [1.54, 1.807) is 0 Å². The molecule has 0 unspecified atom stereocenters. The van der Waals surface area contributed by atoms with Gasteiger partial charge in [-0.05, 0) is 24.0 Å². The number of aliphatic carboxylic acids is 1. The largest absolute Gasteiger partial charge is 0.481 e. The molecule has 1 aromatic rings. The Bertz CT molecular complexity index is 460. The molecule has 0 atom stereocenters. The summed E-state index contributed by atoms with van der Waals surface area (Å²) in [6.07, 6.45) is 2.90. The van der Waals surface area contributed by atoms with Crippen LogP contribution in [0.3, 0.4) is 0 Å². The highest BCUT2D eigenvalue weighted by Crippen LogP contribution is 2.27. The van der Waals surface area contributed by atoms with Crippen LogP contribution in [-0.2, 0) is 17.8 Å². The van der Waals surface area contributed by atoms with Gasteiger partial charge in [0.25, 0.3) is 0 Å². The van der Waals surface area contributed by atoms with E-state index in [2.05, 4.69) is 21.9 Å². The van der Waals surface area contributed by atoms with E-state index in [0.29, 0.717) is 0 Å². The molecular formula is C16H22N2O2. The topological polar surface area (TPSA) is 43.8 Å². The van der Waals surface area contributed by atoms with Crippen LogP contribution in [0.15, 0.2) is 24.3 Å². The van der Waals surface area contributed by atoms with Crippen molar-refractivity contribution in [3.05, 3.63) is 35.4 Å². The Labute approximate surface area is 120 Å². The number of benzene rings is 1. The van der Waals surface area contributed by atoms with Crippen molar-refractivity contribution in [2.45, 2.75) is 31.8 Å². The highest BCUT2D eigenvalue weighted by atomic mass is 16.4. The molecule has 0 radical (unpaired) electrons. The third-order valence-corrected chi connectivity index (χ3v) is 4.25. The van der Waals surface area contributed by atoms with E-state index < -0.39 is 5.97 Å². The monoisotopic (exact) mass is 274 g/mol. The third-order valence-electron chi connectivity index (χ3n) is 4.25. The number of piperazine rings is 1. The zero-order chi connectivity index (χ0) is 13.9. The lowest BCUT2D eigenvalue weighted by Crippen LogP contribution is -2.46. The molecule has 2 aliphatic rings. The molecule has 20 heavy (non-hydrogen) atoms. The average Bonchev–Trinajstić information content (AvgIpc) is 3.26. The summed E-state index contributed by atoms with van der Waals surface area (Å²) in [6.45, 7) is 5.66. The molecule has 1 aromatic carbocycles. The van der Waals surface area contributed by atoms with Crippen molar-refractivity contribution in [3.8, 4) is 0 Å². The Morgan fingerprint density at radius 3 is 2.20 bits per heavy atom. The van der Waals surface area contributed by atoms with Gasteiger partial charge in [-0.1, -0.05) is 24.3 Å². The molecule has 0 spiro atoms. The van der Waals surface area contributed by atoms with Gasteiger partial charge in [0.05, 0.1) is 6.42 Å². The molecule has 0 bridgehead atoms. The van der Waals surface area contributed by atoms with Crippen molar-refractivity contribution in [3.63, 3.8) is 0 Å². The molecule has 3 rings (SSSR count). The van der Waals surface area contributed by atoms with Crippen LogP contribution in [0.25, 0.3) is 0 Å². The van der Waals surface area contributed by atoms with Crippen LogP contribution >= 0.6 is 0 Å². The standard InChI is InChI=1S/C16H22N2O2/c19-16(20)11-13-1-3-14(4-2-13)12-17-7-9-18(10-8-17)15-5-6-15/h1-4,15H,5-12H2,(H,19,20). The first-order valence-electron chi connectivity index (χ1n) is 7.47. The summed E-state index contributed by atoms with van der Waals surface area (Å²) in [6, 6.07) is 8.87. The Balaban J connectivity index is 1.49. The van der Waals surface area contributed by atoms with Gasteiger partial charge in [-0.2, -0.15) is 0 Å². The van der Waals surface area contributed by atoms with E-state index in [1.165, 1.54) is 31.5 Å². The molecule has 1 heterocycles. The van der Waals surface area contributed by atoms with Crippen molar-refractivity contribution in [1.82, 2.24) is 9.80 Å². The Hall–Kier alpha value is -1.39. The third kappa shape index (κ3) is 3.58. The van der Waals surface area contributed by atoms with Crippen molar-refractivity contribution in [2.75, 3.05) is 26.2 Å². The predicted octanol–water partition coefficient (Wildman–Crippen LogP) is 1.59. The van der Waals surface area contributed by atoms with Crippen LogP contribution in [0.4, 0.5) is 0 Å². The minimum absolute atomic E-state index is 0.111. The van der Waals surface area contributed by atoms with Crippen molar-refractivity contribution < 1.29 is 9.90 Å². The molecule has 1 aliphatic carbocycles. The summed E-state index contributed by atoms with van der Waals surface area (Å²) >= 11 is 0. The maximum atomic E-state index is 10.6. The summed E-state index contributed by atoms with van der Waals surface area (Å²) in [5.41, 5.74) is 2.15. The summed E-state index contributed by atoms with van der Waals surface area (Å²) in [4.78, 5) is 15.8. The number of nitrogens with zero attached hydrogens (tertiary/aromatic N) is 2. The van der Waals surface area contributed by atoms with Gasteiger partial charge >= 0.3 is 5.97 Å². The van der Waals surface area contributed by atoms with Crippen LogP contribution in [0.2, 0.25) is 0 Å². The van der Waals surface area contributed by atoms with E-state index in [4.69, 9.17) is 5.11 Å². The van der Waals surface area contributed by atoms with E-state index in [1.807, 2.05) is 12.1 Å². The zero-order valence-electron chi connectivity index (χ0n) is 11.8. The highest BCUT2D eigenvalue weighted by Gasteiger charge is 2.30. The lowest BCUT2D eigenvalue weighted by molar-refractivity contribution is -0.136. The van der Waals surface area contributed by atoms with Crippen molar-refractivity contribution in [2.24, 2.45) is 0 Å². The quantitative estimate of drug-likeness (QED) is 0.885. The number of hydrogen-bond donors (Lipinski definition) is 1. The number of carboxylic acid groups (broad SMARTS) is 1. The number of carboxylic acids is 1. The van der Waals surface area contributed by atoms with Gasteiger partial charge in [0.1, 0.15) is 0 Å². The summed E-state index contributed by atoms with van der Waals surface area (Å²) in [5, 5.41) is 8.76. The molecule has 1 N–H and O–H groups in total. The second-order valence-electron chi connectivity index (χ2n) is 5.93. The number of hydrogen-bond acceptors (Lipinski definition) is 3. The Morgan fingerprint density at radius 1 is 1.05 bits per heavy atom. The summed E-state index contributed by atoms with van der Waals surface area (Å²) < 4.78 is 0. The second-order valence-corrected chi connectivity index (χ2v) is 5.93. The van der Waals surface area contributed by atoms with Crippen LogP contribution in [0, 0.1) is 0 Å². The SMILES string of the molecule is O=C(O)Cc1ccc(CN2CCN(C3CC3)CC2)cc1. The molecule has 0 aromatic heterocycles. The number of rotatable bonds is 5. The molecule has 1 saturated heterocycles. The Morgan fingerprint density at radius 2 is 1.65 bits per heavy atom. The minimum Gasteiger partial charge on any atom is -0.481 e. The maximum absolute atomic E-state index is 10.6. The van der Waals surface area contributed by atoms with Crippen LogP contribution in [0.5, 0.6) is 0 Å². The molecule has 2 fully saturated rings. The zero-order valence-corrected chi connectivity index (χ0v) is 11.8. The molecule has 4 heteroatoms. The van der Waals surface area contributed by atoms with E-state index in [-0.39, 0.29) is 6.42 Å². The molecule has 108 valence electrons. The fourth-order valence-electron chi connectivity index (χ4n) is 2.92. The van der Waals surface area contributed by atoms with E-state index in [9.17, 15) is 4.79 Å². The van der Waals surface area contributed by atoms with Crippen LogP contribution in [-0.4, -0.2) is 53.1 Å². The van der Waals surface area contributed by atoms with Gasteiger partial charge in [0.15, 0.2) is 0 Å². The fraction of sp³-hybridized carbons (Fsp3) is 0.562. The van der Waals surface area contributed by atoms with Gasteiger partial charge in [-0.15, -0.1) is 0 Å². The van der Waals surface area contributed by atoms with E-state index >= 15 is 0 Å². The predicted molar refractivity (Wildman–Crippen MR) is 77.7 cm³/mol. The van der Waals surface area contributed by atoms with Gasteiger partial charge < -0.3 is 5.11 Å². The first-order chi connectivity index (χ1) is 9.70. The normalized spacial score (nSPS) is 21.0. The average molecular weight is 274 g/mol. The van der Waals surface area contributed by atoms with Crippen LogP contribution < -0.4 is 0 Å². The number of carbonyl (C=O) groups is 1. The van der Waals surface area contributed by atoms with Gasteiger partial charge in [-0.25, -0.2) is 0 Å². The lowest BCUT2D eigenvalue weighted by atomic mass is 10.1.